The molecule has 1 N–H and O–H groups in total. The molecule has 1 atom stereocenters. The van der Waals surface area contributed by atoms with E-state index < -0.39 is 0 Å². The van der Waals surface area contributed by atoms with Crippen molar-refractivity contribution in [3.05, 3.63) is 29.8 Å². The van der Waals surface area contributed by atoms with Crippen LogP contribution in [0.15, 0.2) is 24.3 Å². The topological polar surface area (TPSA) is 30.5 Å². The lowest BCUT2D eigenvalue weighted by molar-refractivity contribution is 0.0127. The predicted molar refractivity (Wildman–Crippen MR) is 77.6 cm³/mol. The van der Waals surface area contributed by atoms with Crippen molar-refractivity contribution in [2.24, 2.45) is 0 Å². The van der Waals surface area contributed by atoms with Gasteiger partial charge in [0.15, 0.2) is 0 Å². The summed E-state index contributed by atoms with van der Waals surface area (Å²) in [6, 6.07) is 8.63. The van der Waals surface area contributed by atoms with Gasteiger partial charge in [-0.05, 0) is 38.0 Å². The maximum absolute atomic E-state index is 5.68. The number of unbranched alkanes of at least 4 members (excludes halogenated alkanes) is 1. The number of nitrogens with one attached hydrogen (secondary N) is 1. The highest BCUT2D eigenvalue weighted by Crippen LogP contribution is 2.24. The van der Waals surface area contributed by atoms with Gasteiger partial charge < -0.3 is 14.8 Å². The maximum Gasteiger partial charge on any atom is 0.119 e. The van der Waals surface area contributed by atoms with E-state index in [1.807, 2.05) is 12.1 Å². The third-order valence-corrected chi connectivity index (χ3v) is 3.36. The molecule has 0 aliphatic carbocycles. The van der Waals surface area contributed by atoms with Crippen molar-refractivity contribution in [2.75, 3.05) is 19.8 Å². The highest BCUT2D eigenvalue weighted by atomic mass is 16.5. The zero-order valence-corrected chi connectivity index (χ0v) is 12.2. The molecule has 3 nitrogen and oxygen atoms in total. The monoisotopic (exact) mass is 263 g/mol. The molecule has 0 spiro atoms. The van der Waals surface area contributed by atoms with Crippen LogP contribution in [0, 0.1) is 0 Å². The van der Waals surface area contributed by atoms with Crippen molar-refractivity contribution in [1.82, 2.24) is 5.32 Å². The molecule has 1 aliphatic rings. The molecule has 0 aromatic heterocycles. The molecular formula is C16H25NO2. The Balaban J connectivity index is 1.94. The van der Waals surface area contributed by atoms with Gasteiger partial charge in [0, 0.05) is 5.54 Å². The van der Waals surface area contributed by atoms with Crippen LogP contribution >= 0.6 is 0 Å². The van der Waals surface area contributed by atoms with Crippen LogP contribution in [0.4, 0.5) is 0 Å². The van der Waals surface area contributed by atoms with E-state index in [-0.39, 0.29) is 11.6 Å². The third-order valence-electron chi connectivity index (χ3n) is 3.36. The van der Waals surface area contributed by atoms with Crippen molar-refractivity contribution < 1.29 is 9.47 Å². The van der Waals surface area contributed by atoms with E-state index in [4.69, 9.17) is 9.47 Å². The lowest BCUT2D eigenvalue weighted by Crippen LogP contribution is -2.51. The summed E-state index contributed by atoms with van der Waals surface area (Å²) in [5, 5.41) is 3.61. The second-order valence-electron chi connectivity index (χ2n) is 5.87. The molecule has 1 aromatic carbocycles. The van der Waals surface area contributed by atoms with Crippen molar-refractivity contribution in [1.29, 1.82) is 0 Å². The van der Waals surface area contributed by atoms with Gasteiger partial charge in [0.25, 0.3) is 0 Å². The number of benzene rings is 1. The summed E-state index contributed by atoms with van der Waals surface area (Å²) in [7, 11) is 0. The van der Waals surface area contributed by atoms with Crippen LogP contribution in [0.25, 0.3) is 0 Å². The van der Waals surface area contributed by atoms with Crippen molar-refractivity contribution in [3.63, 3.8) is 0 Å². The standard InChI is InChI=1S/C16H25NO2/c1-4-5-10-19-14-8-6-13(7-9-14)15-11-18-12-16(2,3)17-15/h6-9,15,17H,4-5,10-12H2,1-3H3. The Morgan fingerprint density at radius 2 is 2.05 bits per heavy atom. The molecule has 0 saturated carbocycles. The molecule has 1 aromatic rings. The van der Waals surface area contributed by atoms with E-state index in [0.29, 0.717) is 0 Å². The zero-order chi connectivity index (χ0) is 13.7. The minimum absolute atomic E-state index is 0.0409. The normalized spacial score (nSPS) is 22.2. The number of rotatable bonds is 5. The fraction of sp³-hybridized carbons (Fsp3) is 0.625. The van der Waals surface area contributed by atoms with E-state index in [1.165, 1.54) is 5.56 Å². The van der Waals surface area contributed by atoms with Crippen molar-refractivity contribution >= 4 is 0 Å². The maximum atomic E-state index is 5.68. The Labute approximate surface area is 116 Å². The summed E-state index contributed by atoms with van der Waals surface area (Å²) in [5.41, 5.74) is 1.30. The molecule has 1 fully saturated rings. The molecular weight excluding hydrogens is 238 g/mol. The number of hydrogen-bond acceptors (Lipinski definition) is 3. The highest BCUT2D eigenvalue weighted by Gasteiger charge is 2.28. The van der Waals surface area contributed by atoms with Crippen molar-refractivity contribution in [3.8, 4) is 5.75 Å². The van der Waals surface area contributed by atoms with Crippen LogP contribution in [0.2, 0.25) is 0 Å². The fourth-order valence-electron chi connectivity index (χ4n) is 2.30. The Bertz CT molecular complexity index is 386. The first kappa shape index (κ1) is 14.4. The molecule has 1 heterocycles. The molecule has 3 heteroatoms. The minimum Gasteiger partial charge on any atom is -0.494 e. The van der Waals surface area contributed by atoms with Gasteiger partial charge >= 0.3 is 0 Å². The average Bonchev–Trinajstić information content (AvgIpc) is 2.39. The van der Waals surface area contributed by atoms with Crippen LogP contribution < -0.4 is 10.1 Å². The zero-order valence-electron chi connectivity index (χ0n) is 12.2. The SMILES string of the molecule is CCCCOc1ccc(C2COCC(C)(C)N2)cc1. The molecule has 1 aliphatic heterocycles. The van der Waals surface area contributed by atoms with E-state index in [9.17, 15) is 0 Å². The molecule has 2 rings (SSSR count). The number of morpholine rings is 1. The minimum atomic E-state index is 0.0409. The van der Waals surface area contributed by atoms with Crippen LogP contribution in [0.5, 0.6) is 5.75 Å². The van der Waals surface area contributed by atoms with Crippen LogP contribution in [-0.4, -0.2) is 25.4 Å². The largest absolute Gasteiger partial charge is 0.494 e. The summed E-state index contributed by atoms with van der Waals surface area (Å²) < 4.78 is 11.3. The smallest absolute Gasteiger partial charge is 0.119 e. The molecule has 0 amide bonds. The Hall–Kier alpha value is -1.06. The van der Waals surface area contributed by atoms with Gasteiger partial charge in [0.2, 0.25) is 0 Å². The Morgan fingerprint density at radius 3 is 2.68 bits per heavy atom. The quantitative estimate of drug-likeness (QED) is 0.827. The number of hydrogen-bond donors (Lipinski definition) is 1. The van der Waals surface area contributed by atoms with E-state index in [2.05, 4.69) is 38.2 Å². The van der Waals surface area contributed by atoms with E-state index in [1.54, 1.807) is 0 Å². The van der Waals surface area contributed by atoms with Crippen LogP contribution in [-0.2, 0) is 4.74 Å². The van der Waals surface area contributed by atoms with Gasteiger partial charge in [0.1, 0.15) is 5.75 Å². The fourth-order valence-corrected chi connectivity index (χ4v) is 2.30. The summed E-state index contributed by atoms with van der Waals surface area (Å²) >= 11 is 0. The van der Waals surface area contributed by atoms with Gasteiger partial charge in [-0.15, -0.1) is 0 Å². The Morgan fingerprint density at radius 1 is 1.32 bits per heavy atom. The third kappa shape index (κ3) is 4.22. The second kappa shape index (κ2) is 6.40. The van der Waals surface area contributed by atoms with Crippen LogP contribution in [0.1, 0.15) is 45.2 Å². The van der Waals surface area contributed by atoms with E-state index in [0.717, 1.165) is 38.4 Å². The van der Waals surface area contributed by atoms with Crippen LogP contribution in [0.3, 0.4) is 0 Å². The van der Waals surface area contributed by atoms with E-state index >= 15 is 0 Å². The van der Waals surface area contributed by atoms with Crippen molar-refractivity contribution in [2.45, 2.75) is 45.2 Å². The lowest BCUT2D eigenvalue weighted by atomic mass is 9.99. The Kier molecular flexibility index (Phi) is 4.83. The van der Waals surface area contributed by atoms with Gasteiger partial charge in [-0.1, -0.05) is 25.5 Å². The predicted octanol–water partition coefficient (Wildman–Crippen LogP) is 3.31. The first-order chi connectivity index (χ1) is 9.11. The second-order valence-corrected chi connectivity index (χ2v) is 5.87. The first-order valence-electron chi connectivity index (χ1n) is 7.19. The molecule has 1 unspecified atom stereocenters. The average molecular weight is 263 g/mol. The van der Waals surface area contributed by atoms with Gasteiger partial charge in [-0.2, -0.15) is 0 Å². The summed E-state index contributed by atoms with van der Waals surface area (Å²) in [5.74, 6) is 0.952. The first-order valence-corrected chi connectivity index (χ1v) is 7.19. The molecule has 106 valence electrons. The molecule has 0 radical (unpaired) electrons. The van der Waals surface area contributed by atoms with Gasteiger partial charge in [-0.25, -0.2) is 0 Å². The highest BCUT2D eigenvalue weighted by molar-refractivity contribution is 5.29. The molecule has 0 bridgehead atoms. The number of ether oxygens (including phenoxy) is 2. The summed E-state index contributed by atoms with van der Waals surface area (Å²) in [4.78, 5) is 0. The summed E-state index contributed by atoms with van der Waals surface area (Å²) in [6.45, 7) is 8.81. The van der Waals surface area contributed by atoms with Gasteiger partial charge in [0.05, 0.1) is 25.9 Å². The lowest BCUT2D eigenvalue weighted by Gasteiger charge is -2.37. The van der Waals surface area contributed by atoms with Gasteiger partial charge in [-0.3, -0.25) is 0 Å². The molecule has 19 heavy (non-hydrogen) atoms. The summed E-state index contributed by atoms with van der Waals surface area (Å²) in [6.07, 6.45) is 2.27. The molecule has 1 saturated heterocycles.